The molecule has 0 bridgehead atoms. The van der Waals surface area contributed by atoms with Gasteiger partial charge in [-0.3, -0.25) is 9.59 Å². The van der Waals surface area contributed by atoms with Gasteiger partial charge in [0.05, 0.1) is 0 Å². The van der Waals surface area contributed by atoms with Crippen molar-refractivity contribution in [2.75, 3.05) is 0 Å². The second-order valence-corrected chi connectivity index (χ2v) is 2.72. The van der Waals surface area contributed by atoms with Crippen LogP contribution in [0, 0.1) is 0 Å². The molecule has 0 aromatic heterocycles. The van der Waals surface area contributed by atoms with E-state index >= 15 is 0 Å². The first-order valence-corrected chi connectivity index (χ1v) is 4.04. The summed E-state index contributed by atoms with van der Waals surface area (Å²) in [6, 6.07) is -0.549. The first kappa shape index (κ1) is 12.2. The third-order valence-electron chi connectivity index (χ3n) is 1.60. The standard InChI is InChI=1S/C7H11N3O4/c8-10-9-5(1-3-6(11)12)2-4-7(13)14/h5H,1-4H2,(H,11,12)(H,13,14). The van der Waals surface area contributed by atoms with Crippen LogP contribution in [0.3, 0.4) is 0 Å². The molecular formula is C7H11N3O4. The number of hydrogen-bond donors (Lipinski definition) is 2. The molecule has 0 aromatic rings. The maximum absolute atomic E-state index is 10.2. The highest BCUT2D eigenvalue weighted by atomic mass is 16.4. The van der Waals surface area contributed by atoms with Crippen molar-refractivity contribution >= 4 is 11.9 Å². The van der Waals surface area contributed by atoms with Gasteiger partial charge in [0, 0.05) is 23.8 Å². The van der Waals surface area contributed by atoms with E-state index in [1.807, 2.05) is 0 Å². The van der Waals surface area contributed by atoms with Crippen LogP contribution in [-0.2, 0) is 9.59 Å². The van der Waals surface area contributed by atoms with Crippen LogP contribution in [0.1, 0.15) is 25.7 Å². The second-order valence-electron chi connectivity index (χ2n) is 2.72. The molecule has 0 aliphatic heterocycles. The average molecular weight is 201 g/mol. The molecule has 0 spiro atoms. The fraction of sp³-hybridized carbons (Fsp3) is 0.714. The lowest BCUT2D eigenvalue weighted by molar-refractivity contribution is -0.137. The Kier molecular flexibility index (Phi) is 5.89. The molecule has 0 atom stereocenters. The zero-order valence-electron chi connectivity index (χ0n) is 7.46. The second kappa shape index (κ2) is 6.73. The molecule has 0 heterocycles. The molecule has 0 aromatic carbocycles. The molecule has 14 heavy (non-hydrogen) atoms. The Morgan fingerprint density at radius 2 is 1.64 bits per heavy atom. The van der Waals surface area contributed by atoms with Crippen molar-refractivity contribution in [3.05, 3.63) is 10.4 Å². The number of carboxylic acids is 2. The topological polar surface area (TPSA) is 123 Å². The quantitative estimate of drug-likeness (QED) is 0.367. The van der Waals surface area contributed by atoms with Gasteiger partial charge in [0.2, 0.25) is 0 Å². The van der Waals surface area contributed by atoms with Gasteiger partial charge in [-0.2, -0.15) is 0 Å². The third kappa shape index (κ3) is 6.93. The van der Waals surface area contributed by atoms with Crippen LogP contribution in [0.5, 0.6) is 0 Å². The first-order valence-electron chi connectivity index (χ1n) is 4.04. The van der Waals surface area contributed by atoms with Crippen LogP contribution < -0.4 is 0 Å². The summed E-state index contributed by atoms with van der Waals surface area (Å²) in [5, 5.41) is 20.0. The number of rotatable bonds is 7. The molecule has 0 fully saturated rings. The fourth-order valence-electron chi connectivity index (χ4n) is 0.913. The minimum absolute atomic E-state index is 0.122. The van der Waals surface area contributed by atoms with Gasteiger partial charge in [-0.25, -0.2) is 0 Å². The highest BCUT2D eigenvalue weighted by Crippen LogP contribution is 2.09. The van der Waals surface area contributed by atoms with Crippen LogP contribution in [0.25, 0.3) is 10.4 Å². The molecule has 0 aliphatic rings. The predicted octanol–water partition coefficient (Wildman–Crippen LogP) is 1.39. The van der Waals surface area contributed by atoms with E-state index in [0.29, 0.717) is 0 Å². The molecule has 0 saturated carbocycles. The molecule has 2 N–H and O–H groups in total. The van der Waals surface area contributed by atoms with Gasteiger partial charge in [0.1, 0.15) is 0 Å². The van der Waals surface area contributed by atoms with E-state index in [4.69, 9.17) is 15.7 Å². The van der Waals surface area contributed by atoms with Crippen molar-refractivity contribution < 1.29 is 19.8 Å². The number of nitrogens with zero attached hydrogens (tertiary/aromatic N) is 3. The van der Waals surface area contributed by atoms with Gasteiger partial charge < -0.3 is 10.2 Å². The van der Waals surface area contributed by atoms with Gasteiger partial charge in [-0.1, -0.05) is 5.11 Å². The van der Waals surface area contributed by atoms with E-state index in [1.54, 1.807) is 0 Å². The lowest BCUT2D eigenvalue weighted by Crippen LogP contribution is -2.09. The summed E-state index contributed by atoms with van der Waals surface area (Å²) in [5.41, 5.74) is 8.13. The van der Waals surface area contributed by atoms with E-state index in [9.17, 15) is 9.59 Å². The minimum Gasteiger partial charge on any atom is -0.481 e. The lowest BCUT2D eigenvalue weighted by atomic mass is 10.1. The molecule has 0 rings (SSSR count). The van der Waals surface area contributed by atoms with Gasteiger partial charge in [0.25, 0.3) is 0 Å². The van der Waals surface area contributed by atoms with Crippen LogP contribution >= 0.6 is 0 Å². The van der Waals surface area contributed by atoms with E-state index in [0.717, 1.165) is 0 Å². The van der Waals surface area contributed by atoms with Crippen molar-refractivity contribution in [1.82, 2.24) is 0 Å². The van der Waals surface area contributed by atoms with Crippen molar-refractivity contribution in [3.63, 3.8) is 0 Å². The molecule has 7 heteroatoms. The monoisotopic (exact) mass is 201 g/mol. The Bertz CT molecular complexity index is 242. The summed E-state index contributed by atoms with van der Waals surface area (Å²) in [5.74, 6) is -1.98. The van der Waals surface area contributed by atoms with Crippen molar-refractivity contribution in [2.45, 2.75) is 31.7 Å². The van der Waals surface area contributed by atoms with Crippen LogP contribution in [-0.4, -0.2) is 28.2 Å². The highest BCUT2D eigenvalue weighted by molar-refractivity contribution is 5.67. The smallest absolute Gasteiger partial charge is 0.303 e. The van der Waals surface area contributed by atoms with Crippen LogP contribution in [0.2, 0.25) is 0 Å². The number of azide groups is 1. The van der Waals surface area contributed by atoms with Crippen LogP contribution in [0.4, 0.5) is 0 Å². The van der Waals surface area contributed by atoms with Crippen molar-refractivity contribution in [3.8, 4) is 0 Å². The number of hydrogen-bond acceptors (Lipinski definition) is 3. The van der Waals surface area contributed by atoms with Gasteiger partial charge >= 0.3 is 11.9 Å². The summed E-state index contributed by atoms with van der Waals surface area (Å²) >= 11 is 0. The third-order valence-corrected chi connectivity index (χ3v) is 1.60. The molecule has 0 amide bonds. The fourth-order valence-corrected chi connectivity index (χ4v) is 0.913. The summed E-state index contributed by atoms with van der Waals surface area (Å²) in [6.07, 6.45) is 0.103. The van der Waals surface area contributed by atoms with Gasteiger partial charge in [0.15, 0.2) is 0 Å². The molecular weight excluding hydrogens is 190 g/mol. The Morgan fingerprint density at radius 3 is 1.93 bits per heavy atom. The SMILES string of the molecule is [N-]=[N+]=NC(CCC(=O)O)CCC(=O)O. The Hall–Kier alpha value is -1.75. The van der Waals surface area contributed by atoms with E-state index in [-0.39, 0.29) is 25.7 Å². The molecule has 0 unspecified atom stereocenters. The van der Waals surface area contributed by atoms with Crippen LogP contribution in [0.15, 0.2) is 5.11 Å². The Balaban J connectivity index is 3.95. The number of carbonyl (C=O) groups is 2. The minimum atomic E-state index is -0.988. The molecule has 7 nitrogen and oxygen atoms in total. The predicted molar refractivity (Wildman–Crippen MR) is 46.7 cm³/mol. The maximum atomic E-state index is 10.2. The zero-order chi connectivity index (χ0) is 11.0. The average Bonchev–Trinajstić information content (AvgIpc) is 2.09. The number of carboxylic acid groups (broad SMARTS) is 2. The molecule has 0 saturated heterocycles. The van der Waals surface area contributed by atoms with E-state index in [1.165, 1.54) is 0 Å². The molecule has 78 valence electrons. The van der Waals surface area contributed by atoms with Crippen molar-refractivity contribution in [2.24, 2.45) is 5.11 Å². The summed E-state index contributed by atoms with van der Waals surface area (Å²) in [4.78, 5) is 22.9. The number of aliphatic carboxylic acids is 2. The van der Waals surface area contributed by atoms with Gasteiger partial charge in [-0.05, 0) is 18.4 Å². The Labute approximate surface area is 80.0 Å². The largest absolute Gasteiger partial charge is 0.481 e. The normalized spacial score (nSPS) is 9.50. The van der Waals surface area contributed by atoms with Crippen molar-refractivity contribution in [1.29, 1.82) is 0 Å². The molecule has 0 aliphatic carbocycles. The Morgan fingerprint density at radius 1 is 1.21 bits per heavy atom. The van der Waals surface area contributed by atoms with E-state index in [2.05, 4.69) is 10.0 Å². The summed E-state index contributed by atoms with van der Waals surface area (Å²) in [7, 11) is 0. The lowest BCUT2D eigenvalue weighted by Gasteiger charge is -2.06. The summed E-state index contributed by atoms with van der Waals surface area (Å²) < 4.78 is 0. The van der Waals surface area contributed by atoms with Gasteiger partial charge in [-0.15, -0.1) is 0 Å². The van der Waals surface area contributed by atoms with E-state index < -0.39 is 18.0 Å². The zero-order valence-corrected chi connectivity index (χ0v) is 7.46. The highest BCUT2D eigenvalue weighted by Gasteiger charge is 2.10. The first-order chi connectivity index (χ1) is 6.56. The summed E-state index contributed by atoms with van der Waals surface area (Å²) in [6.45, 7) is 0. The molecule has 0 radical (unpaired) electrons. The maximum Gasteiger partial charge on any atom is 0.303 e.